The lowest BCUT2D eigenvalue weighted by Gasteiger charge is -2.18. The Balaban J connectivity index is 1.53. The van der Waals surface area contributed by atoms with Gasteiger partial charge in [0.05, 0.1) is 51.6 Å². The van der Waals surface area contributed by atoms with Crippen molar-refractivity contribution >= 4 is 21.8 Å². The van der Waals surface area contributed by atoms with E-state index in [9.17, 15) is 15.8 Å². The lowest BCUT2D eigenvalue weighted by Crippen LogP contribution is -2.00. The smallest absolute Gasteiger partial charge is 0.0998 e. The first-order valence-corrected chi connectivity index (χ1v) is 15.8. The summed E-state index contributed by atoms with van der Waals surface area (Å²) >= 11 is 0. The number of fused-ring (bicyclic) bond motifs is 3. The molecule has 0 spiro atoms. The van der Waals surface area contributed by atoms with Crippen LogP contribution in [0.3, 0.4) is 0 Å². The van der Waals surface area contributed by atoms with Crippen LogP contribution in [-0.4, -0.2) is 9.55 Å². The lowest BCUT2D eigenvalue weighted by atomic mass is 9.93. The Kier molecular flexibility index (Phi) is 7.24. The van der Waals surface area contributed by atoms with Crippen molar-refractivity contribution in [3.63, 3.8) is 0 Å². The van der Waals surface area contributed by atoms with E-state index in [1.165, 1.54) is 0 Å². The van der Waals surface area contributed by atoms with Crippen molar-refractivity contribution in [2.24, 2.45) is 0 Å². The number of pyridine rings is 1. The fourth-order valence-corrected chi connectivity index (χ4v) is 6.76. The molecule has 226 valence electrons. The molecule has 8 rings (SSSR count). The van der Waals surface area contributed by atoms with Crippen molar-refractivity contribution in [2.75, 3.05) is 0 Å². The minimum Gasteiger partial charge on any atom is -0.309 e. The van der Waals surface area contributed by atoms with Gasteiger partial charge in [0.15, 0.2) is 0 Å². The van der Waals surface area contributed by atoms with Gasteiger partial charge in [0.1, 0.15) is 0 Å². The highest BCUT2D eigenvalue weighted by Crippen LogP contribution is 2.42. The third kappa shape index (κ3) is 4.99. The molecular formula is C44H25N5. The second-order valence-electron chi connectivity index (χ2n) is 11.7. The average Bonchev–Trinajstić information content (AvgIpc) is 3.50. The zero-order valence-electron chi connectivity index (χ0n) is 26.2. The quantitative estimate of drug-likeness (QED) is 0.191. The summed E-state index contributed by atoms with van der Waals surface area (Å²) in [6.45, 7) is 0. The maximum absolute atomic E-state index is 10.4. The summed E-state index contributed by atoms with van der Waals surface area (Å²) in [5.74, 6) is 0. The first kappa shape index (κ1) is 29.2. The van der Waals surface area contributed by atoms with Crippen molar-refractivity contribution in [1.82, 2.24) is 9.55 Å². The molecule has 0 unspecified atom stereocenters. The molecule has 0 radical (unpaired) electrons. The molecule has 0 saturated heterocycles. The summed E-state index contributed by atoms with van der Waals surface area (Å²) in [6, 6.07) is 53.1. The zero-order valence-corrected chi connectivity index (χ0v) is 26.2. The molecule has 49 heavy (non-hydrogen) atoms. The number of hydrogen-bond acceptors (Lipinski definition) is 4. The van der Waals surface area contributed by atoms with Crippen LogP contribution in [0.1, 0.15) is 16.7 Å². The van der Waals surface area contributed by atoms with Gasteiger partial charge in [-0.15, -0.1) is 0 Å². The van der Waals surface area contributed by atoms with Crippen LogP contribution < -0.4 is 0 Å². The topological polar surface area (TPSA) is 89.2 Å². The first-order valence-electron chi connectivity index (χ1n) is 15.8. The molecule has 0 bridgehead atoms. The minimum atomic E-state index is 0.557. The Morgan fingerprint density at radius 1 is 0.408 bits per heavy atom. The fraction of sp³-hybridized carbons (Fsp3) is 0. The summed E-state index contributed by atoms with van der Waals surface area (Å²) in [5, 5.41) is 32.4. The molecule has 5 nitrogen and oxygen atoms in total. The average molecular weight is 624 g/mol. The van der Waals surface area contributed by atoms with Gasteiger partial charge in [0.25, 0.3) is 0 Å². The Bertz CT molecular complexity index is 2570. The number of nitrogens with zero attached hydrogens (tertiary/aromatic N) is 5. The van der Waals surface area contributed by atoms with Crippen LogP contribution in [0, 0.1) is 34.0 Å². The summed E-state index contributed by atoms with van der Waals surface area (Å²) in [4.78, 5) is 4.22. The van der Waals surface area contributed by atoms with Gasteiger partial charge in [0.2, 0.25) is 0 Å². The molecule has 0 N–H and O–H groups in total. The molecule has 0 atom stereocenters. The number of benzene rings is 6. The van der Waals surface area contributed by atoms with E-state index in [-0.39, 0.29) is 0 Å². The predicted molar refractivity (Wildman–Crippen MR) is 194 cm³/mol. The summed E-state index contributed by atoms with van der Waals surface area (Å²) in [5.41, 5.74) is 11.7. The number of rotatable bonds is 5. The first-order chi connectivity index (χ1) is 24.2. The minimum absolute atomic E-state index is 0.557. The van der Waals surface area contributed by atoms with E-state index in [1.54, 1.807) is 12.4 Å². The van der Waals surface area contributed by atoms with Crippen LogP contribution in [0.5, 0.6) is 0 Å². The van der Waals surface area contributed by atoms with Crippen molar-refractivity contribution in [2.45, 2.75) is 0 Å². The highest BCUT2D eigenvalue weighted by atomic mass is 15.0. The van der Waals surface area contributed by atoms with Crippen LogP contribution >= 0.6 is 0 Å². The Hall–Kier alpha value is -7.26. The molecule has 0 amide bonds. The van der Waals surface area contributed by atoms with E-state index >= 15 is 0 Å². The van der Waals surface area contributed by atoms with Gasteiger partial charge in [-0.3, -0.25) is 4.98 Å². The van der Waals surface area contributed by atoms with Crippen molar-refractivity contribution in [3.8, 4) is 68.4 Å². The fourth-order valence-electron chi connectivity index (χ4n) is 6.76. The SMILES string of the molecule is N#Cc1ccccc1-c1ccc2c3ccc(-c4ccccc4C#N)cc3n(-c3cc(-c4ccncc4)c(C#N)cc3-c3ccccc3)c2c1. The summed E-state index contributed by atoms with van der Waals surface area (Å²) < 4.78 is 2.26. The summed E-state index contributed by atoms with van der Waals surface area (Å²) in [7, 11) is 0. The van der Waals surface area contributed by atoms with Crippen molar-refractivity contribution < 1.29 is 0 Å². The maximum atomic E-state index is 10.4. The molecule has 0 fully saturated rings. The van der Waals surface area contributed by atoms with Crippen LogP contribution in [-0.2, 0) is 0 Å². The maximum Gasteiger partial charge on any atom is 0.0998 e. The van der Waals surface area contributed by atoms with Crippen LogP contribution in [0.2, 0.25) is 0 Å². The van der Waals surface area contributed by atoms with Crippen LogP contribution in [0.15, 0.2) is 152 Å². The van der Waals surface area contributed by atoms with Gasteiger partial charge in [-0.1, -0.05) is 91.0 Å². The highest BCUT2D eigenvalue weighted by Gasteiger charge is 2.21. The monoisotopic (exact) mass is 623 g/mol. The molecule has 6 aromatic carbocycles. The Morgan fingerprint density at radius 2 is 0.918 bits per heavy atom. The Labute approximate surface area is 283 Å². The molecule has 2 aromatic heterocycles. The van der Waals surface area contributed by atoms with Gasteiger partial charge in [-0.25, -0.2) is 0 Å². The molecule has 0 aliphatic heterocycles. The highest BCUT2D eigenvalue weighted by molar-refractivity contribution is 6.12. The van der Waals surface area contributed by atoms with Gasteiger partial charge >= 0.3 is 0 Å². The molecule has 8 aromatic rings. The van der Waals surface area contributed by atoms with Gasteiger partial charge in [0, 0.05) is 34.3 Å². The number of nitriles is 3. The third-order valence-electron chi connectivity index (χ3n) is 9.06. The van der Waals surface area contributed by atoms with Gasteiger partial charge in [-0.05, 0) is 81.9 Å². The normalized spacial score (nSPS) is 10.8. The molecule has 2 heterocycles. The zero-order chi connectivity index (χ0) is 33.3. The molecule has 0 aliphatic rings. The van der Waals surface area contributed by atoms with Crippen molar-refractivity contribution in [1.29, 1.82) is 15.8 Å². The predicted octanol–water partition coefficient (Wildman–Crippen LogP) is 10.5. The molecule has 5 heteroatoms. The Morgan fingerprint density at radius 3 is 1.47 bits per heavy atom. The molecule has 0 saturated carbocycles. The van der Waals surface area contributed by atoms with E-state index in [0.717, 1.165) is 72.0 Å². The van der Waals surface area contributed by atoms with E-state index in [2.05, 4.69) is 82.4 Å². The van der Waals surface area contributed by atoms with Crippen molar-refractivity contribution in [3.05, 3.63) is 169 Å². The summed E-state index contributed by atoms with van der Waals surface area (Å²) in [6.07, 6.45) is 3.47. The molecular weight excluding hydrogens is 599 g/mol. The largest absolute Gasteiger partial charge is 0.309 e. The van der Waals surface area contributed by atoms with E-state index < -0.39 is 0 Å². The van der Waals surface area contributed by atoms with Crippen LogP contribution in [0.25, 0.3) is 72.0 Å². The van der Waals surface area contributed by atoms with E-state index in [0.29, 0.717) is 16.7 Å². The molecule has 0 aliphatic carbocycles. The third-order valence-corrected chi connectivity index (χ3v) is 9.06. The second kappa shape index (κ2) is 12.2. The lowest BCUT2D eigenvalue weighted by molar-refractivity contribution is 1.18. The standard InChI is InChI=1S/C44H25N5/c45-26-33-10-4-6-12-36(33)31-14-16-38-39-17-15-32(37-13-7-5-11-34(37)27-46)24-43(39)49(42(38)23-31)44-25-40(30-18-20-48-21-19-30)35(28-47)22-41(44)29-8-2-1-3-9-29/h1-25H. The van der Waals surface area contributed by atoms with E-state index in [1.807, 2.05) is 84.9 Å². The van der Waals surface area contributed by atoms with Crippen LogP contribution in [0.4, 0.5) is 0 Å². The van der Waals surface area contributed by atoms with Gasteiger partial charge < -0.3 is 4.57 Å². The number of aromatic nitrogens is 2. The van der Waals surface area contributed by atoms with Gasteiger partial charge in [-0.2, -0.15) is 15.8 Å². The van der Waals surface area contributed by atoms with E-state index in [4.69, 9.17) is 0 Å². The second-order valence-corrected chi connectivity index (χ2v) is 11.7. The number of hydrogen-bond donors (Lipinski definition) is 0.